The minimum atomic E-state index is -0.420. The lowest BCUT2D eigenvalue weighted by Crippen LogP contribution is -2.50. The number of carbonyl (C=O) groups excluding carboxylic acids is 3. The minimum Gasteiger partial charge on any atom is -0.294 e. The van der Waals surface area contributed by atoms with Gasteiger partial charge in [-0.15, -0.1) is 0 Å². The number of hydrogen-bond donors (Lipinski definition) is 1. The first-order valence-electron chi connectivity index (χ1n) is 12.6. The van der Waals surface area contributed by atoms with Crippen LogP contribution in [0, 0.1) is 17.8 Å². The number of aromatic nitrogens is 1. The van der Waals surface area contributed by atoms with E-state index in [0.717, 1.165) is 22.5 Å². The number of nitrogens with zero attached hydrogens (tertiary/aromatic N) is 2. The van der Waals surface area contributed by atoms with Crippen LogP contribution in [0.25, 0.3) is 0 Å². The molecule has 36 heavy (non-hydrogen) atoms. The van der Waals surface area contributed by atoms with E-state index in [1.807, 2.05) is 25.1 Å². The summed E-state index contributed by atoms with van der Waals surface area (Å²) in [7, 11) is 0. The third-order valence-electron chi connectivity index (χ3n) is 7.44. The molecule has 1 aromatic heterocycles. The van der Waals surface area contributed by atoms with E-state index in [0.29, 0.717) is 42.4 Å². The molecule has 0 unspecified atom stereocenters. The molecule has 1 amide bonds. The number of allylic oxidation sites excluding steroid dienone is 4. The molecule has 0 fully saturated rings. The van der Waals surface area contributed by atoms with Crippen molar-refractivity contribution < 1.29 is 14.4 Å². The molecule has 5 rings (SSSR count). The SMILES string of the molecule is Cc1cccc(C2C3=C(CC(C)(C)CC3=O)N(NC(=O)c3ccncc3)C3=C2C(=O)CC(C)(C)C3)c1. The fourth-order valence-electron chi connectivity index (χ4n) is 5.95. The second-order valence-electron chi connectivity index (χ2n) is 12.0. The topological polar surface area (TPSA) is 79.4 Å². The van der Waals surface area contributed by atoms with Crippen molar-refractivity contribution >= 4 is 17.5 Å². The molecule has 2 aliphatic carbocycles. The van der Waals surface area contributed by atoms with Crippen molar-refractivity contribution in [1.29, 1.82) is 0 Å². The van der Waals surface area contributed by atoms with Crippen LogP contribution in [0.4, 0.5) is 0 Å². The number of nitrogens with one attached hydrogen (secondary N) is 1. The van der Waals surface area contributed by atoms with Gasteiger partial charge in [0, 0.05) is 59.3 Å². The summed E-state index contributed by atoms with van der Waals surface area (Å²) >= 11 is 0. The van der Waals surface area contributed by atoms with Gasteiger partial charge in [0.25, 0.3) is 5.91 Å². The van der Waals surface area contributed by atoms with Gasteiger partial charge in [0.15, 0.2) is 11.6 Å². The Bertz CT molecular complexity index is 1280. The highest BCUT2D eigenvalue weighted by atomic mass is 16.2. The van der Waals surface area contributed by atoms with Crippen LogP contribution < -0.4 is 5.43 Å². The number of benzene rings is 1. The highest BCUT2D eigenvalue weighted by Crippen LogP contribution is 2.53. The van der Waals surface area contributed by atoms with E-state index in [1.54, 1.807) is 29.5 Å². The highest BCUT2D eigenvalue weighted by Gasteiger charge is 2.49. The highest BCUT2D eigenvalue weighted by molar-refractivity contribution is 6.07. The van der Waals surface area contributed by atoms with Crippen LogP contribution in [0.5, 0.6) is 0 Å². The summed E-state index contributed by atoms with van der Waals surface area (Å²) in [6, 6.07) is 11.4. The average Bonchev–Trinajstić information content (AvgIpc) is 2.79. The molecule has 186 valence electrons. The first-order valence-corrected chi connectivity index (χ1v) is 12.6. The van der Waals surface area contributed by atoms with E-state index in [-0.39, 0.29) is 28.3 Å². The Morgan fingerprint density at radius 3 is 1.97 bits per heavy atom. The predicted molar refractivity (Wildman–Crippen MR) is 138 cm³/mol. The standard InChI is InChI=1S/C30H33N3O3/c1-18-7-6-8-20(13-18)25-26-21(14-29(2,3)16-23(26)34)33(32-28(36)19-9-11-31-12-10-19)22-15-30(4,5)17-24(35)27(22)25/h6-13,25H,14-17H2,1-5H3,(H,32,36). The summed E-state index contributed by atoms with van der Waals surface area (Å²) in [4.78, 5) is 44.9. The summed E-state index contributed by atoms with van der Waals surface area (Å²) in [6.07, 6.45) is 5.21. The number of pyridine rings is 1. The fourth-order valence-corrected chi connectivity index (χ4v) is 5.95. The molecule has 6 nitrogen and oxygen atoms in total. The lowest BCUT2D eigenvalue weighted by molar-refractivity contribution is -0.119. The molecule has 1 N–H and O–H groups in total. The van der Waals surface area contributed by atoms with E-state index < -0.39 is 5.92 Å². The number of hydrogen-bond acceptors (Lipinski definition) is 5. The number of amides is 1. The second kappa shape index (κ2) is 8.54. The maximum Gasteiger partial charge on any atom is 0.270 e. The molecule has 0 atom stereocenters. The third kappa shape index (κ3) is 4.29. The normalized spacial score (nSPS) is 21.3. The minimum absolute atomic E-state index is 0.0418. The molecule has 0 bridgehead atoms. The Balaban J connectivity index is 1.74. The summed E-state index contributed by atoms with van der Waals surface area (Å²) in [6.45, 7) is 10.4. The van der Waals surface area contributed by atoms with Gasteiger partial charge in [-0.1, -0.05) is 57.5 Å². The van der Waals surface area contributed by atoms with Crippen LogP contribution >= 0.6 is 0 Å². The Morgan fingerprint density at radius 2 is 1.44 bits per heavy atom. The van der Waals surface area contributed by atoms with Crippen molar-refractivity contribution in [2.75, 3.05) is 0 Å². The maximum atomic E-state index is 13.8. The summed E-state index contributed by atoms with van der Waals surface area (Å²) in [5.74, 6) is -0.631. The smallest absolute Gasteiger partial charge is 0.270 e. The third-order valence-corrected chi connectivity index (χ3v) is 7.44. The largest absolute Gasteiger partial charge is 0.294 e. The quantitative estimate of drug-likeness (QED) is 0.631. The zero-order chi connectivity index (χ0) is 25.8. The van der Waals surface area contributed by atoms with E-state index in [1.165, 1.54) is 0 Å². The molecular weight excluding hydrogens is 450 g/mol. The van der Waals surface area contributed by atoms with Crippen LogP contribution in [0.1, 0.15) is 80.8 Å². The van der Waals surface area contributed by atoms with Gasteiger partial charge >= 0.3 is 0 Å². The number of rotatable bonds is 3. The molecule has 6 heteroatoms. The van der Waals surface area contributed by atoms with Gasteiger partial charge in [-0.2, -0.15) is 0 Å². The molecule has 0 spiro atoms. The van der Waals surface area contributed by atoms with Crippen molar-refractivity contribution in [3.63, 3.8) is 0 Å². The van der Waals surface area contributed by atoms with Gasteiger partial charge in [0.1, 0.15) is 0 Å². The predicted octanol–water partition coefficient (Wildman–Crippen LogP) is 5.42. The van der Waals surface area contributed by atoms with Gasteiger partial charge in [-0.05, 0) is 48.3 Å². The van der Waals surface area contributed by atoms with Crippen LogP contribution in [-0.2, 0) is 9.59 Å². The number of aryl methyl sites for hydroxylation is 1. The Hall–Kier alpha value is -3.54. The Labute approximate surface area is 212 Å². The Kier molecular flexibility index (Phi) is 5.73. The van der Waals surface area contributed by atoms with Gasteiger partial charge in [-0.3, -0.25) is 29.8 Å². The van der Waals surface area contributed by atoms with Crippen LogP contribution in [0.2, 0.25) is 0 Å². The van der Waals surface area contributed by atoms with Crippen molar-refractivity contribution in [2.45, 2.75) is 66.2 Å². The van der Waals surface area contributed by atoms with Crippen molar-refractivity contribution in [3.8, 4) is 0 Å². The van der Waals surface area contributed by atoms with E-state index in [4.69, 9.17) is 0 Å². The summed E-state index contributed by atoms with van der Waals surface area (Å²) < 4.78 is 0. The first kappa shape index (κ1) is 24.2. The fraction of sp³-hybridized carbons (Fsp3) is 0.400. The molecular formula is C30H33N3O3. The maximum absolute atomic E-state index is 13.8. The lowest BCUT2D eigenvalue weighted by atomic mass is 9.64. The molecule has 0 radical (unpaired) electrons. The molecule has 2 heterocycles. The number of Topliss-reactive ketones (excluding diaryl/α,β-unsaturated/α-hetero) is 2. The van der Waals surface area contributed by atoms with E-state index in [9.17, 15) is 14.4 Å². The van der Waals surface area contributed by atoms with Crippen LogP contribution in [0.15, 0.2) is 71.3 Å². The molecule has 0 saturated heterocycles. The van der Waals surface area contributed by atoms with E-state index >= 15 is 0 Å². The van der Waals surface area contributed by atoms with Crippen molar-refractivity contribution in [1.82, 2.24) is 15.4 Å². The summed E-state index contributed by atoms with van der Waals surface area (Å²) in [5, 5.41) is 1.79. The molecule has 3 aliphatic rings. The van der Waals surface area contributed by atoms with Gasteiger partial charge in [0.05, 0.1) is 0 Å². The molecule has 0 saturated carbocycles. The van der Waals surface area contributed by atoms with Crippen LogP contribution in [-0.4, -0.2) is 27.5 Å². The number of ketones is 2. The van der Waals surface area contributed by atoms with Crippen molar-refractivity contribution in [3.05, 3.63) is 88.0 Å². The van der Waals surface area contributed by atoms with Crippen molar-refractivity contribution in [2.24, 2.45) is 10.8 Å². The molecule has 1 aliphatic heterocycles. The zero-order valence-electron chi connectivity index (χ0n) is 21.6. The van der Waals surface area contributed by atoms with Gasteiger partial charge < -0.3 is 0 Å². The number of carbonyl (C=O) groups is 3. The van der Waals surface area contributed by atoms with E-state index in [2.05, 4.69) is 44.2 Å². The first-order chi connectivity index (χ1) is 17.0. The van der Waals surface area contributed by atoms with Gasteiger partial charge in [0.2, 0.25) is 0 Å². The zero-order valence-corrected chi connectivity index (χ0v) is 21.6. The monoisotopic (exact) mass is 483 g/mol. The Morgan fingerprint density at radius 1 is 0.889 bits per heavy atom. The summed E-state index contributed by atoms with van der Waals surface area (Å²) in [5.41, 5.74) is 7.94. The molecule has 2 aromatic rings. The van der Waals surface area contributed by atoms with Gasteiger partial charge in [-0.25, -0.2) is 0 Å². The second-order valence-corrected chi connectivity index (χ2v) is 12.0. The molecule has 1 aromatic carbocycles. The lowest BCUT2D eigenvalue weighted by Gasteiger charge is -2.48. The average molecular weight is 484 g/mol. The number of hydrazine groups is 1. The van der Waals surface area contributed by atoms with Crippen LogP contribution in [0.3, 0.4) is 0 Å².